The van der Waals surface area contributed by atoms with Gasteiger partial charge in [-0.1, -0.05) is 35.3 Å². The van der Waals surface area contributed by atoms with Crippen LogP contribution in [-0.2, 0) is 6.42 Å². The molecule has 2 heterocycles. The monoisotopic (exact) mass is 372 g/mol. The van der Waals surface area contributed by atoms with Gasteiger partial charge in [0.1, 0.15) is 5.56 Å². The highest BCUT2D eigenvalue weighted by atomic mass is 35.5. The molecule has 1 N–H and O–H groups in total. The Morgan fingerprint density at radius 3 is 2.76 bits per heavy atom. The van der Waals surface area contributed by atoms with Gasteiger partial charge in [0, 0.05) is 23.3 Å². The average molecular weight is 373 g/mol. The number of halogens is 2. The zero-order valence-corrected chi connectivity index (χ0v) is 14.9. The highest BCUT2D eigenvalue weighted by Crippen LogP contribution is 2.31. The molecular weight excluding hydrogens is 359 g/mol. The summed E-state index contributed by atoms with van der Waals surface area (Å²) in [7, 11) is 0. The summed E-state index contributed by atoms with van der Waals surface area (Å²) in [6.45, 7) is 2.07. The van der Waals surface area contributed by atoms with Crippen LogP contribution in [0.25, 0.3) is 10.9 Å². The van der Waals surface area contributed by atoms with Crippen molar-refractivity contribution in [2.45, 2.75) is 19.4 Å². The molecule has 1 aliphatic heterocycles. The maximum atomic E-state index is 12.8. The number of pyridine rings is 1. The lowest BCUT2D eigenvalue weighted by Crippen LogP contribution is -2.23. The topological polar surface area (TPSA) is 51.1 Å². The third kappa shape index (κ3) is 2.62. The summed E-state index contributed by atoms with van der Waals surface area (Å²) in [5.41, 5.74) is 2.40. The normalized spacial score (nSPS) is 15.6. The highest BCUT2D eigenvalue weighted by Gasteiger charge is 2.24. The van der Waals surface area contributed by atoms with Crippen LogP contribution < -0.4 is 10.7 Å². The summed E-state index contributed by atoms with van der Waals surface area (Å²) in [4.78, 5) is 25.5. The lowest BCUT2D eigenvalue weighted by molar-refractivity contribution is 0.102. The van der Waals surface area contributed by atoms with Crippen LogP contribution >= 0.6 is 23.2 Å². The van der Waals surface area contributed by atoms with Gasteiger partial charge in [0.25, 0.3) is 5.91 Å². The van der Waals surface area contributed by atoms with Gasteiger partial charge < -0.3 is 9.88 Å². The fourth-order valence-corrected chi connectivity index (χ4v) is 3.65. The highest BCUT2D eigenvalue weighted by molar-refractivity contribution is 6.42. The second-order valence-corrected chi connectivity index (χ2v) is 7.04. The van der Waals surface area contributed by atoms with Gasteiger partial charge in [0.15, 0.2) is 0 Å². The Bertz CT molecular complexity index is 1090. The number of amides is 1. The molecule has 4 rings (SSSR count). The standard InChI is InChI=1S/C19H14Cl2N2O2/c1-10-7-11-3-2-4-13-17(11)23(10)9-14(18(13)24)19(25)22-12-5-6-15(20)16(21)8-12/h2-6,8-10H,7H2,1H3,(H,22,25)/t10-/m1/s1. The maximum Gasteiger partial charge on any atom is 0.261 e. The summed E-state index contributed by atoms with van der Waals surface area (Å²) in [5.74, 6) is -0.460. The molecule has 3 aromatic rings. The minimum Gasteiger partial charge on any atom is -0.343 e. The Labute approximate surface area is 154 Å². The first-order valence-electron chi connectivity index (χ1n) is 7.89. The van der Waals surface area contributed by atoms with Gasteiger partial charge in [-0.2, -0.15) is 0 Å². The SMILES string of the molecule is C[C@@H]1Cc2cccc3c(=O)c(C(=O)Nc4ccc(Cl)c(Cl)c4)cn1c23. The zero-order valence-electron chi connectivity index (χ0n) is 13.3. The summed E-state index contributed by atoms with van der Waals surface area (Å²) >= 11 is 11.9. The van der Waals surface area contributed by atoms with Gasteiger partial charge in [-0.15, -0.1) is 0 Å². The fraction of sp³-hybridized carbons (Fsp3) is 0.158. The fourth-order valence-electron chi connectivity index (χ4n) is 3.35. The minimum atomic E-state index is -0.460. The van der Waals surface area contributed by atoms with E-state index in [1.807, 2.05) is 16.7 Å². The number of hydrogen-bond donors (Lipinski definition) is 1. The van der Waals surface area contributed by atoms with Crippen LogP contribution in [0.3, 0.4) is 0 Å². The first-order chi connectivity index (χ1) is 12.0. The van der Waals surface area contributed by atoms with E-state index in [0.29, 0.717) is 21.1 Å². The van der Waals surface area contributed by atoms with E-state index in [1.54, 1.807) is 30.5 Å². The van der Waals surface area contributed by atoms with Crippen LogP contribution in [0, 0.1) is 0 Å². The molecule has 0 aliphatic carbocycles. The number of anilines is 1. The number of para-hydroxylation sites is 1. The van der Waals surface area contributed by atoms with Gasteiger partial charge in [-0.25, -0.2) is 0 Å². The number of aromatic nitrogens is 1. The number of nitrogens with zero attached hydrogens (tertiary/aromatic N) is 1. The number of rotatable bonds is 2. The Balaban J connectivity index is 1.80. The first kappa shape index (κ1) is 16.2. The van der Waals surface area contributed by atoms with E-state index in [4.69, 9.17) is 23.2 Å². The van der Waals surface area contributed by atoms with Crippen molar-refractivity contribution in [3.8, 4) is 0 Å². The van der Waals surface area contributed by atoms with Crippen LogP contribution in [0.1, 0.15) is 28.9 Å². The molecule has 126 valence electrons. The zero-order chi connectivity index (χ0) is 17.7. The van der Waals surface area contributed by atoms with Crippen molar-refractivity contribution in [2.24, 2.45) is 0 Å². The van der Waals surface area contributed by atoms with E-state index in [-0.39, 0.29) is 17.0 Å². The van der Waals surface area contributed by atoms with Crippen molar-refractivity contribution in [1.29, 1.82) is 0 Å². The Kier molecular flexibility index (Phi) is 3.82. The van der Waals surface area contributed by atoms with Gasteiger partial charge in [0.05, 0.1) is 15.6 Å². The quantitative estimate of drug-likeness (QED) is 0.709. The Morgan fingerprint density at radius 1 is 1.20 bits per heavy atom. The van der Waals surface area contributed by atoms with Crippen molar-refractivity contribution in [3.63, 3.8) is 0 Å². The van der Waals surface area contributed by atoms with E-state index in [1.165, 1.54) is 0 Å². The minimum absolute atomic E-state index is 0.115. The summed E-state index contributed by atoms with van der Waals surface area (Å²) in [6.07, 6.45) is 2.51. The lowest BCUT2D eigenvalue weighted by Gasteiger charge is -2.13. The molecule has 25 heavy (non-hydrogen) atoms. The second kappa shape index (κ2) is 5.90. The number of nitrogens with one attached hydrogen (secondary N) is 1. The van der Waals surface area contributed by atoms with Crippen molar-refractivity contribution in [1.82, 2.24) is 4.57 Å². The average Bonchev–Trinajstić information content (AvgIpc) is 2.90. The number of benzene rings is 2. The Hall–Kier alpha value is -2.30. The van der Waals surface area contributed by atoms with E-state index < -0.39 is 5.91 Å². The molecule has 0 fully saturated rings. The first-order valence-corrected chi connectivity index (χ1v) is 8.64. The molecule has 4 nitrogen and oxygen atoms in total. The molecule has 1 aliphatic rings. The van der Waals surface area contributed by atoms with Gasteiger partial charge in [-0.05, 0) is 43.2 Å². The van der Waals surface area contributed by atoms with Gasteiger partial charge >= 0.3 is 0 Å². The van der Waals surface area contributed by atoms with Crippen LogP contribution in [0.2, 0.25) is 10.0 Å². The van der Waals surface area contributed by atoms with E-state index in [9.17, 15) is 9.59 Å². The number of carbonyl (C=O) groups is 1. The summed E-state index contributed by atoms with van der Waals surface area (Å²) in [5, 5.41) is 4.03. The molecular formula is C19H14Cl2N2O2. The van der Waals surface area contributed by atoms with E-state index in [2.05, 4.69) is 12.2 Å². The third-order valence-electron chi connectivity index (χ3n) is 4.55. The molecule has 6 heteroatoms. The van der Waals surface area contributed by atoms with Crippen LogP contribution in [0.15, 0.2) is 47.4 Å². The van der Waals surface area contributed by atoms with Crippen LogP contribution in [0.5, 0.6) is 0 Å². The second-order valence-electron chi connectivity index (χ2n) is 6.23. The van der Waals surface area contributed by atoms with Crippen LogP contribution in [-0.4, -0.2) is 10.5 Å². The maximum absolute atomic E-state index is 12.8. The Morgan fingerprint density at radius 2 is 2.00 bits per heavy atom. The molecule has 2 aromatic carbocycles. The largest absolute Gasteiger partial charge is 0.343 e. The molecule has 0 spiro atoms. The lowest BCUT2D eigenvalue weighted by atomic mass is 10.1. The molecule has 0 radical (unpaired) electrons. The number of carbonyl (C=O) groups excluding carboxylic acids is 1. The van der Waals surface area contributed by atoms with Crippen molar-refractivity contribution in [3.05, 3.63) is 74.0 Å². The van der Waals surface area contributed by atoms with E-state index >= 15 is 0 Å². The summed E-state index contributed by atoms with van der Waals surface area (Å²) in [6, 6.07) is 10.7. The molecule has 1 amide bonds. The molecule has 0 saturated carbocycles. The molecule has 0 saturated heterocycles. The summed E-state index contributed by atoms with van der Waals surface area (Å²) < 4.78 is 2.01. The van der Waals surface area contributed by atoms with E-state index in [0.717, 1.165) is 17.5 Å². The smallest absolute Gasteiger partial charge is 0.261 e. The van der Waals surface area contributed by atoms with Crippen molar-refractivity contribution in [2.75, 3.05) is 5.32 Å². The molecule has 1 aromatic heterocycles. The van der Waals surface area contributed by atoms with Crippen molar-refractivity contribution < 1.29 is 4.79 Å². The molecule has 0 bridgehead atoms. The third-order valence-corrected chi connectivity index (χ3v) is 5.29. The predicted molar refractivity (Wildman–Crippen MR) is 101 cm³/mol. The van der Waals surface area contributed by atoms with Gasteiger partial charge in [0.2, 0.25) is 5.43 Å². The number of hydrogen-bond acceptors (Lipinski definition) is 2. The molecule has 0 unspecified atom stereocenters. The van der Waals surface area contributed by atoms with Crippen molar-refractivity contribution >= 4 is 45.7 Å². The molecule has 1 atom stereocenters. The predicted octanol–water partition coefficient (Wildman–Crippen LogP) is 4.68. The van der Waals surface area contributed by atoms with Gasteiger partial charge in [-0.3, -0.25) is 9.59 Å². The van der Waals surface area contributed by atoms with Crippen LogP contribution in [0.4, 0.5) is 5.69 Å².